The lowest BCUT2D eigenvalue weighted by Crippen LogP contribution is -2.34. The maximum Gasteiger partial charge on any atom is 0.115 e. The van der Waals surface area contributed by atoms with Crippen molar-refractivity contribution < 1.29 is 5.11 Å². The standard InChI is InChI=1S/C19H27N3O/c1-14(2)10-17-11-20-21-19(17)16-4-3-9-22(13-16)12-15-5-7-18(23)8-6-15/h5-8,11,14,16,23H,3-4,9-10,12-13H2,1-2H3,(H,20,21). The Balaban J connectivity index is 1.66. The number of hydrogen-bond acceptors (Lipinski definition) is 3. The molecule has 0 amide bonds. The fourth-order valence-corrected chi connectivity index (χ4v) is 3.57. The Hall–Kier alpha value is -1.81. The van der Waals surface area contributed by atoms with E-state index in [9.17, 15) is 5.11 Å². The summed E-state index contributed by atoms with van der Waals surface area (Å²) in [4.78, 5) is 2.51. The minimum Gasteiger partial charge on any atom is -0.508 e. The molecule has 1 aromatic heterocycles. The number of H-pyrrole nitrogens is 1. The molecule has 0 spiro atoms. The third-order valence-electron chi connectivity index (χ3n) is 4.64. The van der Waals surface area contributed by atoms with Crippen molar-refractivity contribution >= 4 is 0 Å². The first kappa shape index (κ1) is 16.1. The summed E-state index contributed by atoms with van der Waals surface area (Å²) in [5.41, 5.74) is 3.99. The van der Waals surface area contributed by atoms with Gasteiger partial charge < -0.3 is 5.11 Å². The van der Waals surface area contributed by atoms with Gasteiger partial charge in [-0.2, -0.15) is 5.10 Å². The third kappa shape index (κ3) is 4.14. The molecule has 1 fully saturated rings. The fraction of sp³-hybridized carbons (Fsp3) is 0.526. The summed E-state index contributed by atoms with van der Waals surface area (Å²) in [5, 5.41) is 17.0. The number of phenols is 1. The van der Waals surface area contributed by atoms with Crippen LogP contribution < -0.4 is 0 Å². The van der Waals surface area contributed by atoms with Crippen molar-refractivity contribution in [2.45, 2.75) is 45.6 Å². The first-order valence-electron chi connectivity index (χ1n) is 8.64. The summed E-state index contributed by atoms with van der Waals surface area (Å²) in [5.74, 6) is 1.54. The number of aromatic nitrogens is 2. The fourth-order valence-electron chi connectivity index (χ4n) is 3.57. The van der Waals surface area contributed by atoms with Crippen molar-refractivity contribution in [1.29, 1.82) is 0 Å². The quantitative estimate of drug-likeness (QED) is 0.885. The van der Waals surface area contributed by atoms with Crippen LogP contribution in [0, 0.1) is 5.92 Å². The van der Waals surface area contributed by atoms with Gasteiger partial charge in [0.05, 0.1) is 6.20 Å². The van der Waals surface area contributed by atoms with E-state index < -0.39 is 0 Å². The molecule has 1 atom stereocenters. The Morgan fingerprint density at radius 3 is 2.83 bits per heavy atom. The second kappa shape index (κ2) is 7.18. The normalized spacial score (nSPS) is 19.3. The highest BCUT2D eigenvalue weighted by Crippen LogP contribution is 2.29. The van der Waals surface area contributed by atoms with E-state index in [0.29, 0.717) is 17.6 Å². The molecule has 4 heteroatoms. The van der Waals surface area contributed by atoms with Crippen molar-refractivity contribution in [1.82, 2.24) is 15.1 Å². The molecule has 4 nitrogen and oxygen atoms in total. The van der Waals surface area contributed by atoms with E-state index in [1.54, 1.807) is 12.1 Å². The van der Waals surface area contributed by atoms with Crippen LogP contribution in [0.1, 0.15) is 49.4 Å². The lowest BCUT2D eigenvalue weighted by atomic mass is 9.90. The number of piperidine rings is 1. The number of benzene rings is 1. The Morgan fingerprint density at radius 1 is 1.30 bits per heavy atom. The van der Waals surface area contributed by atoms with Crippen LogP contribution >= 0.6 is 0 Å². The molecule has 0 bridgehead atoms. The van der Waals surface area contributed by atoms with Gasteiger partial charge in [-0.3, -0.25) is 10.00 Å². The average molecular weight is 313 g/mol. The van der Waals surface area contributed by atoms with Crippen molar-refractivity contribution in [2.24, 2.45) is 5.92 Å². The summed E-state index contributed by atoms with van der Waals surface area (Å²) in [6, 6.07) is 7.57. The van der Waals surface area contributed by atoms with Crippen LogP contribution in [0.25, 0.3) is 0 Å². The minimum atomic E-state index is 0.334. The SMILES string of the molecule is CC(C)Cc1cn[nH]c1C1CCCN(Cc2ccc(O)cc2)C1. The van der Waals surface area contributed by atoms with Gasteiger partial charge in [0, 0.05) is 24.7 Å². The number of nitrogens with one attached hydrogen (secondary N) is 1. The first-order chi connectivity index (χ1) is 11.1. The Labute approximate surface area is 138 Å². The Bertz CT molecular complexity index is 618. The van der Waals surface area contributed by atoms with Gasteiger partial charge in [-0.05, 0) is 55.0 Å². The molecule has 1 aromatic carbocycles. The topological polar surface area (TPSA) is 52.2 Å². The number of likely N-dealkylation sites (tertiary alicyclic amines) is 1. The summed E-state index contributed by atoms with van der Waals surface area (Å²) in [6.45, 7) is 7.69. The molecule has 0 saturated carbocycles. The van der Waals surface area contributed by atoms with Gasteiger partial charge in [-0.15, -0.1) is 0 Å². The smallest absolute Gasteiger partial charge is 0.115 e. The summed E-state index contributed by atoms with van der Waals surface area (Å²) < 4.78 is 0. The predicted octanol–water partition coefficient (Wildman–Crippen LogP) is 3.69. The van der Waals surface area contributed by atoms with Crippen LogP contribution in [-0.4, -0.2) is 33.3 Å². The second-order valence-corrected chi connectivity index (χ2v) is 7.15. The largest absolute Gasteiger partial charge is 0.508 e. The number of rotatable bonds is 5. The van der Waals surface area contributed by atoms with Crippen LogP contribution in [0.5, 0.6) is 5.75 Å². The van der Waals surface area contributed by atoms with E-state index in [0.717, 1.165) is 26.1 Å². The molecule has 1 unspecified atom stereocenters. The van der Waals surface area contributed by atoms with Gasteiger partial charge in [-0.1, -0.05) is 26.0 Å². The zero-order chi connectivity index (χ0) is 16.2. The Kier molecular flexibility index (Phi) is 5.01. The minimum absolute atomic E-state index is 0.334. The average Bonchev–Trinajstić information content (AvgIpc) is 2.97. The second-order valence-electron chi connectivity index (χ2n) is 7.15. The van der Waals surface area contributed by atoms with E-state index in [1.165, 1.54) is 29.7 Å². The molecule has 1 aliphatic heterocycles. The van der Waals surface area contributed by atoms with E-state index in [-0.39, 0.29) is 0 Å². The zero-order valence-corrected chi connectivity index (χ0v) is 14.1. The van der Waals surface area contributed by atoms with Crippen LogP contribution in [0.4, 0.5) is 0 Å². The van der Waals surface area contributed by atoms with Gasteiger partial charge in [0.2, 0.25) is 0 Å². The highest BCUT2D eigenvalue weighted by atomic mass is 16.3. The summed E-state index contributed by atoms with van der Waals surface area (Å²) in [6.07, 6.45) is 5.57. The van der Waals surface area contributed by atoms with Crippen LogP contribution in [0.3, 0.4) is 0 Å². The highest BCUT2D eigenvalue weighted by molar-refractivity contribution is 5.26. The van der Waals surface area contributed by atoms with E-state index in [2.05, 4.69) is 28.9 Å². The summed E-state index contributed by atoms with van der Waals surface area (Å²) in [7, 11) is 0. The van der Waals surface area contributed by atoms with Gasteiger partial charge in [-0.25, -0.2) is 0 Å². The van der Waals surface area contributed by atoms with Gasteiger partial charge in [0.1, 0.15) is 5.75 Å². The van der Waals surface area contributed by atoms with Crippen molar-refractivity contribution in [2.75, 3.05) is 13.1 Å². The van der Waals surface area contributed by atoms with Crippen LogP contribution in [0.15, 0.2) is 30.5 Å². The Morgan fingerprint density at radius 2 is 2.09 bits per heavy atom. The molecular formula is C19H27N3O. The first-order valence-corrected chi connectivity index (χ1v) is 8.64. The molecule has 1 aliphatic rings. The monoisotopic (exact) mass is 313 g/mol. The molecule has 3 rings (SSSR count). The molecule has 1 saturated heterocycles. The van der Waals surface area contributed by atoms with Crippen molar-refractivity contribution in [3.63, 3.8) is 0 Å². The molecule has 2 N–H and O–H groups in total. The van der Waals surface area contributed by atoms with Gasteiger partial charge >= 0.3 is 0 Å². The zero-order valence-electron chi connectivity index (χ0n) is 14.1. The maximum absolute atomic E-state index is 9.41. The van der Waals surface area contributed by atoms with E-state index >= 15 is 0 Å². The molecule has 2 aromatic rings. The van der Waals surface area contributed by atoms with E-state index in [4.69, 9.17) is 0 Å². The number of aromatic hydroxyl groups is 1. The molecule has 23 heavy (non-hydrogen) atoms. The van der Waals surface area contributed by atoms with Crippen LogP contribution in [0.2, 0.25) is 0 Å². The van der Waals surface area contributed by atoms with Gasteiger partial charge in [0.15, 0.2) is 0 Å². The van der Waals surface area contributed by atoms with Crippen molar-refractivity contribution in [3.05, 3.63) is 47.3 Å². The maximum atomic E-state index is 9.41. The lowest BCUT2D eigenvalue weighted by molar-refractivity contribution is 0.198. The van der Waals surface area contributed by atoms with Crippen molar-refractivity contribution in [3.8, 4) is 5.75 Å². The predicted molar refractivity (Wildman–Crippen MR) is 92.5 cm³/mol. The number of phenolic OH excluding ortho intramolecular Hbond substituents is 1. The van der Waals surface area contributed by atoms with Gasteiger partial charge in [0.25, 0.3) is 0 Å². The lowest BCUT2D eigenvalue weighted by Gasteiger charge is -2.32. The molecular weight excluding hydrogens is 286 g/mol. The summed E-state index contributed by atoms with van der Waals surface area (Å²) >= 11 is 0. The molecule has 2 heterocycles. The third-order valence-corrected chi connectivity index (χ3v) is 4.64. The molecule has 0 radical (unpaired) electrons. The molecule has 0 aliphatic carbocycles. The van der Waals surface area contributed by atoms with E-state index in [1.807, 2.05) is 18.3 Å². The number of hydrogen-bond donors (Lipinski definition) is 2. The number of aromatic amines is 1. The van der Waals surface area contributed by atoms with Crippen LogP contribution in [-0.2, 0) is 13.0 Å². The molecule has 124 valence electrons. The highest BCUT2D eigenvalue weighted by Gasteiger charge is 2.24. The number of nitrogens with zero attached hydrogens (tertiary/aromatic N) is 2.